The zero-order valence-corrected chi connectivity index (χ0v) is 10.5. The fraction of sp³-hybridized carbons (Fsp3) is 0.417. The first-order chi connectivity index (χ1) is 9.52. The Morgan fingerprint density at radius 3 is 2.70 bits per heavy atom. The van der Waals surface area contributed by atoms with Crippen LogP contribution in [-0.4, -0.2) is 34.1 Å². The lowest BCUT2D eigenvalue weighted by atomic mass is 9.97. The van der Waals surface area contributed by atoms with Crippen LogP contribution in [0.5, 0.6) is 0 Å². The molecule has 8 heteroatoms. The topological polar surface area (TPSA) is 120 Å². The first-order valence-electron chi connectivity index (χ1n) is 6.05. The number of rotatable bonds is 3. The zero-order valence-electron chi connectivity index (χ0n) is 10.5. The van der Waals surface area contributed by atoms with Crippen molar-refractivity contribution in [1.82, 2.24) is 4.98 Å². The molecule has 0 saturated carbocycles. The van der Waals surface area contributed by atoms with Crippen LogP contribution < -0.4 is 4.90 Å². The van der Waals surface area contributed by atoms with Crippen LogP contribution in [0.25, 0.3) is 0 Å². The van der Waals surface area contributed by atoms with E-state index in [4.69, 9.17) is 10.4 Å². The highest BCUT2D eigenvalue weighted by molar-refractivity contribution is 5.70. The van der Waals surface area contributed by atoms with E-state index < -0.39 is 16.8 Å². The number of pyridine rings is 1. The number of nitro groups is 1. The van der Waals surface area contributed by atoms with Gasteiger partial charge < -0.3 is 10.0 Å². The van der Waals surface area contributed by atoms with Crippen molar-refractivity contribution in [3.05, 3.63) is 27.9 Å². The van der Waals surface area contributed by atoms with Gasteiger partial charge in [-0.25, -0.2) is 4.98 Å². The molecule has 1 aliphatic heterocycles. The Kier molecular flexibility index (Phi) is 3.79. The maximum absolute atomic E-state index is 11.0. The maximum Gasteiger partial charge on any atom is 0.312 e. The monoisotopic (exact) mass is 276 g/mol. The van der Waals surface area contributed by atoms with Gasteiger partial charge in [0.05, 0.1) is 16.4 Å². The van der Waals surface area contributed by atoms with E-state index in [1.54, 1.807) is 4.90 Å². The van der Waals surface area contributed by atoms with Gasteiger partial charge in [-0.3, -0.25) is 14.9 Å². The minimum atomic E-state index is -0.841. The molecule has 0 amide bonds. The molecular formula is C12H12N4O4. The first-order valence-corrected chi connectivity index (χ1v) is 6.05. The van der Waals surface area contributed by atoms with Gasteiger partial charge >= 0.3 is 11.7 Å². The van der Waals surface area contributed by atoms with Crippen molar-refractivity contribution >= 4 is 17.5 Å². The summed E-state index contributed by atoms with van der Waals surface area (Å²) in [5, 5.41) is 28.7. The van der Waals surface area contributed by atoms with Crippen LogP contribution in [0.15, 0.2) is 12.3 Å². The van der Waals surface area contributed by atoms with Crippen LogP contribution in [0.3, 0.4) is 0 Å². The predicted octanol–water partition coefficient (Wildman–Crippen LogP) is 1.16. The number of aromatic nitrogens is 1. The molecule has 1 fully saturated rings. The number of carboxylic acid groups (broad SMARTS) is 1. The minimum Gasteiger partial charge on any atom is -0.481 e. The molecule has 1 aromatic heterocycles. The Balaban J connectivity index is 2.24. The summed E-state index contributed by atoms with van der Waals surface area (Å²) in [6.45, 7) is 0.799. The van der Waals surface area contributed by atoms with E-state index in [-0.39, 0.29) is 17.1 Å². The Labute approximate surface area is 114 Å². The second kappa shape index (κ2) is 5.52. The van der Waals surface area contributed by atoms with Crippen molar-refractivity contribution in [3.63, 3.8) is 0 Å². The molecule has 20 heavy (non-hydrogen) atoms. The normalized spacial score (nSPS) is 15.7. The standard InChI is InChI=1S/C12H12N4O4/c13-6-8-5-10(16(19)20)11(14-7-8)15-3-1-9(2-4-15)12(17)18/h5,7,9H,1-4H2,(H,17,18). The van der Waals surface area contributed by atoms with Gasteiger partial charge in [0, 0.05) is 25.4 Å². The third kappa shape index (κ3) is 2.66. The number of anilines is 1. The SMILES string of the molecule is N#Cc1cnc(N2CCC(C(=O)O)CC2)c([N+](=O)[O-])c1. The van der Waals surface area contributed by atoms with Gasteiger partial charge in [-0.1, -0.05) is 0 Å². The highest BCUT2D eigenvalue weighted by atomic mass is 16.6. The van der Waals surface area contributed by atoms with Crippen LogP contribution in [0, 0.1) is 27.4 Å². The molecule has 1 aliphatic rings. The molecule has 0 radical (unpaired) electrons. The van der Waals surface area contributed by atoms with Gasteiger partial charge in [0.1, 0.15) is 6.07 Å². The fourth-order valence-corrected chi connectivity index (χ4v) is 2.22. The smallest absolute Gasteiger partial charge is 0.312 e. The quantitative estimate of drug-likeness (QED) is 0.649. The lowest BCUT2D eigenvalue weighted by molar-refractivity contribution is -0.384. The average molecular weight is 276 g/mol. The third-order valence-electron chi connectivity index (χ3n) is 3.32. The summed E-state index contributed by atoms with van der Waals surface area (Å²) in [6, 6.07) is 3.00. The Hall–Kier alpha value is -2.69. The number of piperidine rings is 1. The molecule has 1 aromatic rings. The van der Waals surface area contributed by atoms with E-state index in [9.17, 15) is 14.9 Å². The largest absolute Gasteiger partial charge is 0.481 e. The number of hydrogen-bond acceptors (Lipinski definition) is 6. The van der Waals surface area contributed by atoms with Crippen molar-refractivity contribution in [2.24, 2.45) is 5.92 Å². The van der Waals surface area contributed by atoms with Crippen molar-refractivity contribution < 1.29 is 14.8 Å². The summed E-state index contributed by atoms with van der Waals surface area (Å²) in [7, 11) is 0. The highest BCUT2D eigenvalue weighted by Crippen LogP contribution is 2.30. The second-order valence-electron chi connectivity index (χ2n) is 4.54. The molecular weight excluding hydrogens is 264 g/mol. The van der Waals surface area contributed by atoms with E-state index >= 15 is 0 Å². The number of carbonyl (C=O) groups is 1. The molecule has 1 saturated heterocycles. The molecule has 104 valence electrons. The Morgan fingerprint density at radius 1 is 1.55 bits per heavy atom. The molecule has 0 bridgehead atoms. The molecule has 2 rings (SSSR count). The maximum atomic E-state index is 11.0. The fourth-order valence-electron chi connectivity index (χ4n) is 2.22. The van der Waals surface area contributed by atoms with Crippen molar-refractivity contribution in [1.29, 1.82) is 5.26 Å². The van der Waals surface area contributed by atoms with Crippen LogP contribution in [0.2, 0.25) is 0 Å². The van der Waals surface area contributed by atoms with E-state index in [1.165, 1.54) is 12.3 Å². The zero-order chi connectivity index (χ0) is 14.7. The molecule has 0 aromatic carbocycles. The number of aliphatic carboxylic acids is 1. The van der Waals surface area contributed by atoms with E-state index in [0.717, 1.165) is 0 Å². The Bertz CT molecular complexity index is 588. The lowest BCUT2D eigenvalue weighted by Crippen LogP contribution is -2.37. The van der Waals surface area contributed by atoms with E-state index in [2.05, 4.69) is 4.98 Å². The van der Waals surface area contributed by atoms with E-state index in [1.807, 2.05) is 6.07 Å². The molecule has 0 aliphatic carbocycles. The van der Waals surface area contributed by atoms with Gasteiger partial charge in [0.2, 0.25) is 5.82 Å². The molecule has 0 unspecified atom stereocenters. The third-order valence-corrected chi connectivity index (χ3v) is 3.32. The van der Waals surface area contributed by atoms with Crippen molar-refractivity contribution in [2.45, 2.75) is 12.8 Å². The summed E-state index contributed by atoms with van der Waals surface area (Å²) in [5.74, 6) is -1.06. The van der Waals surface area contributed by atoms with Crippen molar-refractivity contribution in [2.75, 3.05) is 18.0 Å². The van der Waals surface area contributed by atoms with Crippen molar-refractivity contribution in [3.8, 4) is 6.07 Å². The summed E-state index contributed by atoms with van der Waals surface area (Å²) in [4.78, 5) is 27.0. The van der Waals surface area contributed by atoms with Gasteiger partial charge in [-0.05, 0) is 12.8 Å². The summed E-state index contributed by atoms with van der Waals surface area (Å²) in [5.41, 5.74) is -0.0984. The highest BCUT2D eigenvalue weighted by Gasteiger charge is 2.29. The van der Waals surface area contributed by atoms with E-state index in [0.29, 0.717) is 25.9 Å². The number of carboxylic acids is 1. The van der Waals surface area contributed by atoms with Gasteiger partial charge in [-0.15, -0.1) is 0 Å². The first kappa shape index (κ1) is 13.7. The molecule has 0 spiro atoms. The molecule has 0 atom stereocenters. The number of nitriles is 1. The van der Waals surface area contributed by atoms with Crippen LogP contribution in [0.4, 0.5) is 11.5 Å². The Morgan fingerprint density at radius 2 is 2.20 bits per heavy atom. The lowest BCUT2D eigenvalue weighted by Gasteiger charge is -2.30. The van der Waals surface area contributed by atoms with Crippen LogP contribution >= 0.6 is 0 Å². The van der Waals surface area contributed by atoms with Gasteiger partial charge in [0.15, 0.2) is 0 Å². The molecule has 8 nitrogen and oxygen atoms in total. The van der Waals surface area contributed by atoms with Crippen LogP contribution in [-0.2, 0) is 4.79 Å². The predicted molar refractivity (Wildman–Crippen MR) is 68.2 cm³/mol. The summed E-state index contributed by atoms with van der Waals surface area (Å²) >= 11 is 0. The minimum absolute atomic E-state index is 0.126. The second-order valence-corrected chi connectivity index (χ2v) is 4.54. The molecule has 1 N–H and O–H groups in total. The number of hydrogen-bond donors (Lipinski definition) is 1. The van der Waals surface area contributed by atoms with Gasteiger partial charge in [-0.2, -0.15) is 5.26 Å². The van der Waals surface area contributed by atoms with Gasteiger partial charge in [0.25, 0.3) is 0 Å². The summed E-state index contributed by atoms with van der Waals surface area (Å²) < 4.78 is 0. The summed E-state index contributed by atoms with van der Waals surface area (Å²) in [6.07, 6.45) is 2.13. The average Bonchev–Trinajstić information content (AvgIpc) is 2.46. The van der Waals surface area contributed by atoms with Crippen LogP contribution in [0.1, 0.15) is 18.4 Å². The number of nitrogens with zero attached hydrogens (tertiary/aromatic N) is 4. The molecule has 2 heterocycles.